The molecular weight excluding hydrogens is 358 g/mol. The molecule has 0 aliphatic carbocycles. The molecule has 0 aromatic rings. The van der Waals surface area contributed by atoms with Gasteiger partial charge in [0, 0.05) is 20.5 Å². The Morgan fingerprint density at radius 1 is 0.926 bits per heavy atom. The maximum absolute atomic E-state index is 12.5. The average Bonchev–Trinajstić information content (AvgIpc) is 2.50. The third-order valence-electron chi connectivity index (χ3n) is 3.72. The zero-order valence-corrected chi connectivity index (χ0v) is 16.2. The van der Waals surface area contributed by atoms with Gasteiger partial charge in [0.05, 0.1) is 12.8 Å². The summed E-state index contributed by atoms with van der Waals surface area (Å²) in [5.41, 5.74) is 0. The normalized spacial score (nSPS) is 12.8. The number of carboxylic acids is 2. The number of carbonyl (C=O) groups excluding carboxylic acids is 3. The number of carboxylic acid groups (broad SMARTS) is 2. The smallest absolute Gasteiger partial charge is 0.305 e. The highest BCUT2D eigenvalue weighted by atomic mass is 16.4. The maximum atomic E-state index is 12.5. The van der Waals surface area contributed by atoms with Crippen molar-refractivity contribution in [2.75, 3.05) is 13.6 Å². The average molecular weight is 387 g/mol. The molecule has 10 heteroatoms. The van der Waals surface area contributed by atoms with Gasteiger partial charge in [-0.2, -0.15) is 0 Å². The summed E-state index contributed by atoms with van der Waals surface area (Å²) in [6.07, 6.45) is 0.264. The Bertz CT molecular complexity index is 547. The second-order valence-corrected chi connectivity index (χ2v) is 6.81. The van der Waals surface area contributed by atoms with Gasteiger partial charge in [-0.3, -0.25) is 24.0 Å². The van der Waals surface area contributed by atoms with Gasteiger partial charge in [0.2, 0.25) is 17.7 Å². The molecule has 4 N–H and O–H groups in total. The second kappa shape index (κ2) is 11.9. The minimum Gasteiger partial charge on any atom is -0.481 e. The third kappa shape index (κ3) is 10.8. The highest BCUT2D eigenvalue weighted by Crippen LogP contribution is 2.07. The van der Waals surface area contributed by atoms with Gasteiger partial charge < -0.3 is 25.7 Å². The van der Waals surface area contributed by atoms with Crippen LogP contribution in [-0.2, 0) is 24.0 Å². The quantitative estimate of drug-likeness (QED) is 0.362. The summed E-state index contributed by atoms with van der Waals surface area (Å²) in [6, 6.07) is -2.76. The van der Waals surface area contributed by atoms with Gasteiger partial charge in [-0.05, 0) is 18.8 Å². The van der Waals surface area contributed by atoms with Gasteiger partial charge in [-0.15, -0.1) is 0 Å². The standard InChI is InChI=1S/C17H29N3O7/c1-10(2)6-5-7-20(4)17(27)13(9-15(24)25)19-16(26)12(8-14(22)23)18-11(3)21/h10,12-13H,5-9H2,1-4H3,(H,18,21)(H,19,26)(H,22,23)(H,24,25). The van der Waals surface area contributed by atoms with Crippen LogP contribution >= 0.6 is 0 Å². The van der Waals surface area contributed by atoms with Crippen LogP contribution in [0.5, 0.6) is 0 Å². The van der Waals surface area contributed by atoms with E-state index in [0.717, 1.165) is 19.8 Å². The van der Waals surface area contributed by atoms with Crippen molar-refractivity contribution in [3.05, 3.63) is 0 Å². The van der Waals surface area contributed by atoms with Gasteiger partial charge in [-0.25, -0.2) is 0 Å². The van der Waals surface area contributed by atoms with Crippen LogP contribution in [0.4, 0.5) is 0 Å². The number of carbonyl (C=O) groups is 5. The van der Waals surface area contributed by atoms with Crippen molar-refractivity contribution in [3.8, 4) is 0 Å². The number of likely N-dealkylation sites (N-methyl/N-ethyl adjacent to an activating group) is 1. The zero-order chi connectivity index (χ0) is 21.1. The first kappa shape index (κ1) is 24.4. The fourth-order valence-corrected chi connectivity index (χ4v) is 2.39. The first-order valence-electron chi connectivity index (χ1n) is 8.70. The predicted octanol–water partition coefficient (Wildman–Crippen LogP) is -0.180. The van der Waals surface area contributed by atoms with Crippen molar-refractivity contribution in [1.82, 2.24) is 15.5 Å². The molecule has 0 rings (SSSR count). The van der Waals surface area contributed by atoms with E-state index in [1.807, 2.05) is 13.8 Å². The number of amides is 3. The predicted molar refractivity (Wildman–Crippen MR) is 95.8 cm³/mol. The van der Waals surface area contributed by atoms with Crippen LogP contribution in [-0.4, -0.2) is 70.4 Å². The van der Waals surface area contributed by atoms with Gasteiger partial charge in [-0.1, -0.05) is 13.8 Å². The SMILES string of the molecule is CC(=O)NC(CC(=O)O)C(=O)NC(CC(=O)O)C(=O)N(C)CCCC(C)C. The van der Waals surface area contributed by atoms with E-state index in [-0.39, 0.29) is 0 Å². The topological polar surface area (TPSA) is 153 Å². The molecule has 0 aromatic heterocycles. The molecule has 2 atom stereocenters. The fourth-order valence-electron chi connectivity index (χ4n) is 2.39. The molecule has 154 valence electrons. The summed E-state index contributed by atoms with van der Waals surface area (Å²) in [7, 11) is 1.51. The summed E-state index contributed by atoms with van der Waals surface area (Å²) in [5, 5.41) is 22.3. The van der Waals surface area contributed by atoms with Crippen LogP contribution in [0.25, 0.3) is 0 Å². The number of nitrogens with one attached hydrogen (secondary N) is 2. The molecule has 10 nitrogen and oxygen atoms in total. The summed E-state index contributed by atoms with van der Waals surface area (Å²) in [6.45, 7) is 5.59. The minimum atomic E-state index is -1.41. The molecule has 0 heterocycles. The summed E-state index contributed by atoms with van der Waals surface area (Å²) >= 11 is 0. The Hall–Kier alpha value is -2.65. The lowest BCUT2D eigenvalue weighted by Gasteiger charge is -2.25. The van der Waals surface area contributed by atoms with Crippen LogP contribution in [0.1, 0.15) is 46.5 Å². The Morgan fingerprint density at radius 2 is 1.44 bits per heavy atom. The number of aliphatic carboxylic acids is 2. The molecule has 0 fully saturated rings. The molecule has 0 aromatic carbocycles. The van der Waals surface area contributed by atoms with Crippen LogP contribution in [0, 0.1) is 5.92 Å². The monoisotopic (exact) mass is 387 g/mol. The van der Waals surface area contributed by atoms with Crippen molar-refractivity contribution < 1.29 is 34.2 Å². The van der Waals surface area contributed by atoms with Crippen molar-refractivity contribution in [2.24, 2.45) is 5.92 Å². The van der Waals surface area contributed by atoms with Crippen molar-refractivity contribution >= 4 is 29.7 Å². The van der Waals surface area contributed by atoms with E-state index in [0.29, 0.717) is 12.5 Å². The largest absolute Gasteiger partial charge is 0.481 e. The van der Waals surface area contributed by atoms with E-state index >= 15 is 0 Å². The molecule has 0 aliphatic heterocycles. The summed E-state index contributed by atoms with van der Waals surface area (Å²) in [4.78, 5) is 59.2. The van der Waals surface area contributed by atoms with Crippen LogP contribution in [0.3, 0.4) is 0 Å². The molecule has 0 saturated carbocycles. The van der Waals surface area contributed by atoms with E-state index in [1.54, 1.807) is 0 Å². The lowest BCUT2D eigenvalue weighted by molar-refractivity contribution is -0.145. The van der Waals surface area contributed by atoms with E-state index < -0.39 is 54.6 Å². The van der Waals surface area contributed by atoms with Crippen molar-refractivity contribution in [1.29, 1.82) is 0 Å². The zero-order valence-electron chi connectivity index (χ0n) is 16.2. The molecule has 0 radical (unpaired) electrons. The van der Waals surface area contributed by atoms with E-state index in [4.69, 9.17) is 10.2 Å². The van der Waals surface area contributed by atoms with Crippen LogP contribution in [0.2, 0.25) is 0 Å². The lowest BCUT2D eigenvalue weighted by atomic mass is 10.1. The summed E-state index contributed by atoms with van der Waals surface area (Å²) in [5.74, 6) is -4.30. The number of hydrogen-bond acceptors (Lipinski definition) is 5. The van der Waals surface area contributed by atoms with E-state index in [2.05, 4.69) is 10.6 Å². The lowest BCUT2D eigenvalue weighted by Crippen LogP contribution is -2.54. The second-order valence-electron chi connectivity index (χ2n) is 6.81. The Morgan fingerprint density at radius 3 is 1.89 bits per heavy atom. The highest BCUT2D eigenvalue weighted by molar-refractivity contribution is 5.95. The van der Waals surface area contributed by atoms with Gasteiger partial charge in [0.1, 0.15) is 12.1 Å². The number of hydrogen-bond donors (Lipinski definition) is 4. The molecule has 2 unspecified atom stereocenters. The van der Waals surface area contributed by atoms with Crippen molar-refractivity contribution in [3.63, 3.8) is 0 Å². The third-order valence-corrected chi connectivity index (χ3v) is 3.72. The van der Waals surface area contributed by atoms with Crippen LogP contribution < -0.4 is 10.6 Å². The Balaban J connectivity index is 5.11. The highest BCUT2D eigenvalue weighted by Gasteiger charge is 2.30. The molecule has 27 heavy (non-hydrogen) atoms. The van der Waals surface area contributed by atoms with Gasteiger partial charge >= 0.3 is 11.9 Å². The Kier molecular flexibility index (Phi) is 10.7. The number of rotatable bonds is 12. The first-order chi connectivity index (χ1) is 12.4. The molecule has 3 amide bonds. The molecule has 0 saturated heterocycles. The van der Waals surface area contributed by atoms with E-state index in [9.17, 15) is 24.0 Å². The summed E-state index contributed by atoms with van der Waals surface area (Å²) < 4.78 is 0. The Labute approximate surface area is 158 Å². The fraction of sp³-hybridized carbons (Fsp3) is 0.706. The molecule has 0 spiro atoms. The van der Waals surface area contributed by atoms with Crippen molar-refractivity contribution in [2.45, 2.75) is 58.5 Å². The van der Waals surface area contributed by atoms with Gasteiger partial charge in [0.25, 0.3) is 0 Å². The number of nitrogens with zero attached hydrogens (tertiary/aromatic N) is 1. The first-order valence-corrected chi connectivity index (χ1v) is 8.70. The van der Waals surface area contributed by atoms with Crippen LogP contribution in [0.15, 0.2) is 0 Å². The molecular formula is C17H29N3O7. The van der Waals surface area contributed by atoms with Gasteiger partial charge in [0.15, 0.2) is 0 Å². The molecule has 0 aliphatic rings. The minimum absolute atomic E-state index is 0.396. The van der Waals surface area contributed by atoms with E-state index in [1.165, 1.54) is 11.9 Å². The maximum Gasteiger partial charge on any atom is 0.305 e. The molecule has 0 bridgehead atoms.